The number of nitrogens with zero attached hydrogens (tertiary/aromatic N) is 1. The molecule has 0 saturated carbocycles. The Kier molecular flexibility index (Phi) is 3.16. The van der Waals surface area contributed by atoms with E-state index < -0.39 is 4.92 Å². The lowest BCUT2D eigenvalue weighted by Gasteiger charge is -2.09. The van der Waals surface area contributed by atoms with Gasteiger partial charge in [-0.3, -0.25) is 15.0 Å². The summed E-state index contributed by atoms with van der Waals surface area (Å²) in [6.45, 7) is 3.46. The van der Waals surface area contributed by atoms with Crippen molar-refractivity contribution in [1.82, 2.24) is 0 Å². The zero-order valence-corrected chi connectivity index (χ0v) is 8.06. The van der Waals surface area contributed by atoms with Gasteiger partial charge in [-0.05, 0) is 31.5 Å². The van der Waals surface area contributed by atoms with E-state index in [0.717, 1.165) is 5.56 Å². The molecule has 14 heavy (non-hydrogen) atoms. The Morgan fingerprint density at radius 3 is 2.64 bits per heavy atom. The molecule has 0 aliphatic carbocycles. The summed E-state index contributed by atoms with van der Waals surface area (Å²) in [5, 5.41) is 10.5. The lowest BCUT2D eigenvalue weighted by atomic mass is 10.1. The Bertz CT molecular complexity index is 352. The van der Waals surface area contributed by atoms with E-state index in [2.05, 4.69) is 4.84 Å². The van der Waals surface area contributed by atoms with Crippen molar-refractivity contribution in [2.24, 2.45) is 5.90 Å². The maximum absolute atomic E-state index is 10.5. The Hall–Kier alpha value is -1.46. The number of hydrogen-bond donors (Lipinski definition) is 1. The summed E-state index contributed by atoms with van der Waals surface area (Å²) in [4.78, 5) is 14.7. The van der Waals surface area contributed by atoms with E-state index in [9.17, 15) is 10.1 Å². The van der Waals surface area contributed by atoms with Crippen LogP contribution in [0.4, 0.5) is 5.69 Å². The lowest BCUT2D eigenvalue weighted by Crippen LogP contribution is -2.05. The molecule has 0 amide bonds. The fourth-order valence-electron chi connectivity index (χ4n) is 1.21. The molecule has 5 nitrogen and oxygen atoms in total. The molecule has 0 aliphatic heterocycles. The third-order valence-electron chi connectivity index (χ3n) is 2.09. The molecule has 0 aromatic heterocycles. The number of aryl methyl sites for hydroxylation is 1. The molecule has 76 valence electrons. The van der Waals surface area contributed by atoms with Crippen LogP contribution in [0.1, 0.15) is 24.2 Å². The molecule has 0 aliphatic rings. The molecule has 5 heteroatoms. The molecule has 0 radical (unpaired) electrons. The van der Waals surface area contributed by atoms with Crippen LogP contribution < -0.4 is 5.90 Å². The lowest BCUT2D eigenvalue weighted by molar-refractivity contribution is -0.385. The van der Waals surface area contributed by atoms with E-state index in [1.807, 2.05) is 0 Å². The van der Waals surface area contributed by atoms with Gasteiger partial charge in [-0.25, -0.2) is 5.90 Å². The second-order valence-corrected chi connectivity index (χ2v) is 3.08. The van der Waals surface area contributed by atoms with Gasteiger partial charge in [-0.15, -0.1) is 0 Å². The zero-order chi connectivity index (χ0) is 10.7. The number of benzene rings is 1. The second kappa shape index (κ2) is 4.17. The van der Waals surface area contributed by atoms with Gasteiger partial charge < -0.3 is 0 Å². The average molecular weight is 196 g/mol. The monoisotopic (exact) mass is 196 g/mol. The number of rotatable bonds is 3. The fraction of sp³-hybridized carbons (Fsp3) is 0.333. The van der Waals surface area contributed by atoms with Crippen LogP contribution in [0.15, 0.2) is 18.2 Å². The number of hydrogen-bond acceptors (Lipinski definition) is 4. The van der Waals surface area contributed by atoms with Crippen LogP contribution in [0.3, 0.4) is 0 Å². The molecular formula is C9H12N2O3. The van der Waals surface area contributed by atoms with Crippen LogP contribution >= 0.6 is 0 Å². The molecule has 1 unspecified atom stereocenters. The van der Waals surface area contributed by atoms with Gasteiger partial charge in [0, 0.05) is 11.6 Å². The summed E-state index contributed by atoms with van der Waals surface area (Å²) in [7, 11) is 0. The molecule has 0 spiro atoms. The van der Waals surface area contributed by atoms with Gasteiger partial charge in [0.25, 0.3) is 5.69 Å². The molecule has 1 rings (SSSR count). The Balaban J connectivity index is 3.06. The summed E-state index contributed by atoms with van der Waals surface area (Å²) in [6.07, 6.45) is -0.255. The minimum Gasteiger partial charge on any atom is -0.297 e. The quantitative estimate of drug-likeness (QED) is 0.591. The molecule has 0 bridgehead atoms. The van der Waals surface area contributed by atoms with Crippen molar-refractivity contribution in [3.63, 3.8) is 0 Å². The maximum Gasteiger partial charge on any atom is 0.272 e. The molecule has 1 aromatic carbocycles. The van der Waals surface area contributed by atoms with Crippen molar-refractivity contribution in [2.75, 3.05) is 0 Å². The maximum atomic E-state index is 10.5. The molecule has 0 fully saturated rings. The van der Waals surface area contributed by atoms with E-state index >= 15 is 0 Å². The van der Waals surface area contributed by atoms with E-state index in [0.29, 0.717) is 5.56 Å². The fourth-order valence-corrected chi connectivity index (χ4v) is 1.21. The summed E-state index contributed by atoms with van der Waals surface area (Å²) < 4.78 is 0. The average Bonchev–Trinajstić information content (AvgIpc) is 2.15. The first kappa shape index (κ1) is 10.6. The number of nitro groups is 1. The highest BCUT2D eigenvalue weighted by atomic mass is 16.6. The van der Waals surface area contributed by atoms with E-state index in [4.69, 9.17) is 5.90 Å². The second-order valence-electron chi connectivity index (χ2n) is 3.08. The van der Waals surface area contributed by atoms with E-state index in [1.165, 1.54) is 6.07 Å². The van der Waals surface area contributed by atoms with Crippen molar-refractivity contribution in [2.45, 2.75) is 20.0 Å². The normalized spacial score (nSPS) is 12.5. The van der Waals surface area contributed by atoms with Gasteiger partial charge >= 0.3 is 0 Å². The van der Waals surface area contributed by atoms with Crippen LogP contribution in [-0.4, -0.2) is 4.92 Å². The molecule has 2 N–H and O–H groups in total. The number of nitrogens with two attached hydrogens (primary N) is 1. The highest BCUT2D eigenvalue weighted by molar-refractivity contribution is 5.42. The minimum absolute atomic E-state index is 0.109. The van der Waals surface area contributed by atoms with Crippen molar-refractivity contribution in [1.29, 1.82) is 0 Å². The minimum atomic E-state index is -0.410. The van der Waals surface area contributed by atoms with Crippen molar-refractivity contribution >= 4 is 5.69 Å². The van der Waals surface area contributed by atoms with Gasteiger partial charge in [0.05, 0.1) is 4.92 Å². The third kappa shape index (κ3) is 2.07. The van der Waals surface area contributed by atoms with Gasteiger partial charge in [-0.1, -0.05) is 0 Å². The van der Waals surface area contributed by atoms with E-state index in [1.54, 1.807) is 26.0 Å². The van der Waals surface area contributed by atoms with Gasteiger partial charge in [0.2, 0.25) is 0 Å². The van der Waals surface area contributed by atoms with Crippen molar-refractivity contribution < 1.29 is 9.76 Å². The predicted octanol–water partition coefficient (Wildman–Crippen LogP) is 1.85. The topological polar surface area (TPSA) is 78.4 Å². The summed E-state index contributed by atoms with van der Waals surface area (Å²) >= 11 is 0. The first-order valence-electron chi connectivity index (χ1n) is 4.16. The highest BCUT2D eigenvalue weighted by Gasteiger charge is 2.12. The first-order chi connectivity index (χ1) is 6.56. The van der Waals surface area contributed by atoms with Crippen LogP contribution in [0, 0.1) is 17.0 Å². The van der Waals surface area contributed by atoms with Crippen molar-refractivity contribution in [3.8, 4) is 0 Å². The summed E-state index contributed by atoms with van der Waals surface area (Å²) in [6, 6.07) is 4.80. The van der Waals surface area contributed by atoms with Gasteiger partial charge in [-0.2, -0.15) is 0 Å². The van der Waals surface area contributed by atoms with Crippen molar-refractivity contribution in [3.05, 3.63) is 39.4 Å². The van der Waals surface area contributed by atoms with Gasteiger partial charge in [0.15, 0.2) is 0 Å². The third-order valence-corrected chi connectivity index (χ3v) is 2.09. The molecule has 0 saturated heterocycles. The van der Waals surface area contributed by atoms with Crippen LogP contribution in [0.5, 0.6) is 0 Å². The molecule has 1 aromatic rings. The first-order valence-corrected chi connectivity index (χ1v) is 4.16. The predicted molar refractivity (Wildman–Crippen MR) is 51.5 cm³/mol. The highest BCUT2D eigenvalue weighted by Crippen LogP contribution is 2.23. The van der Waals surface area contributed by atoms with Crippen LogP contribution in [0.2, 0.25) is 0 Å². The SMILES string of the molecule is Cc1cc(C(C)ON)ccc1[N+](=O)[O-]. The molecular weight excluding hydrogens is 184 g/mol. The van der Waals surface area contributed by atoms with Gasteiger partial charge in [0.1, 0.15) is 6.10 Å². The Labute approximate surface area is 81.6 Å². The Morgan fingerprint density at radius 1 is 1.57 bits per heavy atom. The summed E-state index contributed by atoms with van der Waals surface area (Å²) in [5.74, 6) is 5.02. The zero-order valence-electron chi connectivity index (χ0n) is 8.06. The molecule has 0 heterocycles. The number of nitro benzene ring substituents is 1. The molecule has 1 atom stereocenters. The van der Waals surface area contributed by atoms with E-state index in [-0.39, 0.29) is 11.8 Å². The van der Waals surface area contributed by atoms with Crippen LogP contribution in [-0.2, 0) is 4.84 Å². The standard InChI is InChI=1S/C9H12N2O3/c1-6-5-8(7(2)14-10)3-4-9(6)11(12)13/h3-5,7H,10H2,1-2H3. The van der Waals surface area contributed by atoms with Crippen LogP contribution in [0.25, 0.3) is 0 Å². The summed E-state index contributed by atoms with van der Waals surface area (Å²) in [5.41, 5.74) is 1.55. The largest absolute Gasteiger partial charge is 0.297 e. The Morgan fingerprint density at radius 2 is 2.21 bits per heavy atom. The smallest absolute Gasteiger partial charge is 0.272 e.